The predicted molar refractivity (Wildman–Crippen MR) is 71.3 cm³/mol. The average Bonchev–Trinajstić information content (AvgIpc) is 2.35. The molecule has 0 unspecified atom stereocenters. The number of hydrogen-bond donors (Lipinski definition) is 2. The summed E-state index contributed by atoms with van der Waals surface area (Å²) in [6.45, 7) is 3.38. The van der Waals surface area contributed by atoms with E-state index in [0.717, 1.165) is 17.8 Å². The van der Waals surface area contributed by atoms with Crippen LogP contribution in [0.4, 0.5) is 5.69 Å². The van der Waals surface area contributed by atoms with Crippen LogP contribution in [-0.4, -0.2) is 26.0 Å². The second-order valence-electron chi connectivity index (χ2n) is 3.63. The van der Waals surface area contributed by atoms with Gasteiger partial charge in [0.1, 0.15) is 0 Å². The fraction of sp³-hybridized carbons (Fsp3) is 0.417. The molecule has 1 aromatic rings. The van der Waals surface area contributed by atoms with E-state index in [4.69, 9.17) is 17.3 Å². The van der Waals surface area contributed by atoms with Gasteiger partial charge in [0.15, 0.2) is 0 Å². The first-order valence-corrected chi connectivity index (χ1v) is 5.94. The van der Waals surface area contributed by atoms with Crippen LogP contribution in [-0.2, 0) is 11.3 Å². The van der Waals surface area contributed by atoms with Gasteiger partial charge in [0, 0.05) is 36.4 Å². The van der Waals surface area contributed by atoms with E-state index in [2.05, 4.69) is 5.32 Å². The molecule has 0 bridgehead atoms. The molecule has 0 heterocycles. The van der Waals surface area contributed by atoms with Crippen LogP contribution < -0.4 is 16.0 Å². The van der Waals surface area contributed by atoms with Gasteiger partial charge in [0.2, 0.25) is 5.91 Å². The van der Waals surface area contributed by atoms with E-state index in [1.807, 2.05) is 24.0 Å². The van der Waals surface area contributed by atoms with Gasteiger partial charge in [-0.15, -0.1) is 0 Å². The molecule has 1 aromatic carbocycles. The molecule has 17 heavy (non-hydrogen) atoms. The molecular weight excluding hydrogens is 238 g/mol. The highest BCUT2D eigenvalue weighted by atomic mass is 35.5. The Balaban J connectivity index is 3.03. The fourth-order valence-electron chi connectivity index (χ4n) is 1.67. The zero-order valence-corrected chi connectivity index (χ0v) is 10.9. The largest absolute Gasteiger partial charge is 0.362 e. The number of benzene rings is 1. The number of rotatable bonds is 5. The van der Waals surface area contributed by atoms with E-state index >= 15 is 0 Å². The number of halogens is 1. The number of amides is 1. The maximum Gasteiger partial charge on any atom is 0.239 e. The molecule has 5 heteroatoms. The smallest absolute Gasteiger partial charge is 0.239 e. The molecule has 0 spiro atoms. The van der Waals surface area contributed by atoms with Gasteiger partial charge in [-0.05, 0) is 19.1 Å². The van der Waals surface area contributed by atoms with E-state index in [1.54, 1.807) is 13.1 Å². The van der Waals surface area contributed by atoms with Crippen molar-refractivity contribution in [2.45, 2.75) is 13.5 Å². The normalized spacial score (nSPS) is 10.1. The number of likely N-dealkylation sites (N-methyl/N-ethyl adjacent to an activating group) is 2. The maximum atomic E-state index is 11.4. The lowest BCUT2D eigenvalue weighted by Crippen LogP contribution is -2.36. The summed E-state index contributed by atoms with van der Waals surface area (Å²) in [6, 6.07) is 5.60. The Morgan fingerprint density at radius 1 is 1.53 bits per heavy atom. The summed E-state index contributed by atoms with van der Waals surface area (Å²) >= 11 is 6.09. The maximum absolute atomic E-state index is 11.4. The highest BCUT2D eigenvalue weighted by Crippen LogP contribution is 2.26. The Bertz CT molecular complexity index is 395. The van der Waals surface area contributed by atoms with E-state index in [9.17, 15) is 4.79 Å². The molecule has 1 rings (SSSR count). The third-order valence-electron chi connectivity index (χ3n) is 2.63. The molecule has 4 nitrogen and oxygen atoms in total. The fourth-order valence-corrected chi connectivity index (χ4v) is 1.91. The predicted octanol–water partition coefficient (Wildman–Crippen LogP) is 1.37. The molecule has 0 aliphatic carbocycles. The second-order valence-corrected chi connectivity index (χ2v) is 4.04. The monoisotopic (exact) mass is 255 g/mol. The minimum Gasteiger partial charge on any atom is -0.362 e. The van der Waals surface area contributed by atoms with Gasteiger partial charge in [0.25, 0.3) is 0 Å². The summed E-state index contributed by atoms with van der Waals surface area (Å²) in [6.07, 6.45) is 0. The van der Waals surface area contributed by atoms with E-state index in [0.29, 0.717) is 18.1 Å². The van der Waals surface area contributed by atoms with Crippen molar-refractivity contribution in [1.29, 1.82) is 0 Å². The molecule has 0 fully saturated rings. The van der Waals surface area contributed by atoms with Gasteiger partial charge in [0.05, 0.1) is 6.54 Å². The van der Waals surface area contributed by atoms with Crippen LogP contribution in [0.25, 0.3) is 0 Å². The number of carbonyl (C=O) groups excluding carboxylic acids is 1. The SMILES string of the molecule is CCN(CC(=O)NC)c1cccc(Cl)c1CN. The number of hydrogen-bond acceptors (Lipinski definition) is 3. The van der Waals surface area contributed by atoms with Crippen molar-refractivity contribution in [3.8, 4) is 0 Å². The van der Waals surface area contributed by atoms with Crippen LogP contribution in [0, 0.1) is 0 Å². The Morgan fingerprint density at radius 2 is 2.24 bits per heavy atom. The van der Waals surface area contributed by atoms with Crippen molar-refractivity contribution in [2.24, 2.45) is 5.73 Å². The third-order valence-corrected chi connectivity index (χ3v) is 2.99. The summed E-state index contributed by atoms with van der Waals surface area (Å²) in [5.74, 6) is -0.0326. The van der Waals surface area contributed by atoms with Crippen LogP contribution >= 0.6 is 11.6 Å². The van der Waals surface area contributed by atoms with Crippen molar-refractivity contribution in [1.82, 2.24) is 5.32 Å². The lowest BCUT2D eigenvalue weighted by Gasteiger charge is -2.25. The molecule has 0 saturated carbocycles. The first-order valence-electron chi connectivity index (χ1n) is 5.57. The lowest BCUT2D eigenvalue weighted by atomic mass is 10.1. The number of anilines is 1. The first-order chi connectivity index (χ1) is 8.13. The number of nitrogens with two attached hydrogens (primary N) is 1. The van der Waals surface area contributed by atoms with Crippen LogP contribution in [0.5, 0.6) is 0 Å². The Hall–Kier alpha value is -1.26. The molecule has 0 atom stereocenters. The minimum atomic E-state index is -0.0326. The third kappa shape index (κ3) is 3.35. The molecule has 1 amide bonds. The van der Waals surface area contributed by atoms with Gasteiger partial charge >= 0.3 is 0 Å². The Labute approximate surface area is 107 Å². The Morgan fingerprint density at radius 3 is 2.76 bits per heavy atom. The van der Waals surface area contributed by atoms with Crippen molar-refractivity contribution < 1.29 is 4.79 Å². The lowest BCUT2D eigenvalue weighted by molar-refractivity contribution is -0.119. The van der Waals surface area contributed by atoms with Gasteiger partial charge < -0.3 is 16.0 Å². The van der Waals surface area contributed by atoms with Crippen LogP contribution in [0.15, 0.2) is 18.2 Å². The Kier molecular flexibility index (Phi) is 5.25. The average molecular weight is 256 g/mol. The number of carbonyl (C=O) groups is 1. The molecule has 0 saturated heterocycles. The van der Waals surface area contributed by atoms with Crippen molar-refractivity contribution in [3.63, 3.8) is 0 Å². The molecule has 0 radical (unpaired) electrons. The second kappa shape index (κ2) is 6.47. The van der Waals surface area contributed by atoms with Crippen molar-refractivity contribution >= 4 is 23.2 Å². The van der Waals surface area contributed by atoms with Gasteiger partial charge in [-0.3, -0.25) is 4.79 Å². The summed E-state index contributed by atoms with van der Waals surface area (Å²) in [7, 11) is 1.62. The van der Waals surface area contributed by atoms with Gasteiger partial charge in [-0.2, -0.15) is 0 Å². The molecule has 94 valence electrons. The number of nitrogens with one attached hydrogen (secondary N) is 1. The molecule has 0 aliphatic heterocycles. The van der Waals surface area contributed by atoms with Gasteiger partial charge in [-0.1, -0.05) is 17.7 Å². The van der Waals surface area contributed by atoms with Crippen LogP contribution in [0.3, 0.4) is 0 Å². The van der Waals surface area contributed by atoms with Crippen LogP contribution in [0.2, 0.25) is 5.02 Å². The van der Waals surface area contributed by atoms with E-state index < -0.39 is 0 Å². The summed E-state index contributed by atoms with van der Waals surface area (Å²) < 4.78 is 0. The zero-order chi connectivity index (χ0) is 12.8. The molecule has 0 aliphatic rings. The highest BCUT2D eigenvalue weighted by molar-refractivity contribution is 6.31. The molecule has 0 aromatic heterocycles. The molecule has 3 N–H and O–H groups in total. The standard InChI is InChI=1S/C12H18ClN3O/c1-3-16(8-12(17)15-2)11-6-4-5-10(13)9(11)7-14/h4-6H,3,7-8,14H2,1-2H3,(H,15,17). The quantitative estimate of drug-likeness (QED) is 0.836. The van der Waals surface area contributed by atoms with Gasteiger partial charge in [-0.25, -0.2) is 0 Å². The first kappa shape index (κ1) is 13.8. The van der Waals surface area contributed by atoms with E-state index in [1.165, 1.54) is 0 Å². The van der Waals surface area contributed by atoms with Crippen molar-refractivity contribution in [2.75, 3.05) is 25.0 Å². The summed E-state index contributed by atoms with van der Waals surface area (Å²) in [4.78, 5) is 13.4. The summed E-state index contributed by atoms with van der Waals surface area (Å²) in [5, 5.41) is 3.25. The molecular formula is C12H18ClN3O. The summed E-state index contributed by atoms with van der Waals surface area (Å²) in [5.41, 5.74) is 7.49. The van der Waals surface area contributed by atoms with Crippen molar-refractivity contribution in [3.05, 3.63) is 28.8 Å². The van der Waals surface area contributed by atoms with E-state index in [-0.39, 0.29) is 5.91 Å². The highest BCUT2D eigenvalue weighted by Gasteiger charge is 2.13. The number of nitrogens with zero attached hydrogens (tertiary/aromatic N) is 1. The minimum absolute atomic E-state index is 0.0326. The topological polar surface area (TPSA) is 58.4 Å². The zero-order valence-electron chi connectivity index (χ0n) is 10.2. The van der Waals surface area contributed by atoms with Crippen LogP contribution in [0.1, 0.15) is 12.5 Å².